The number of furan rings is 1. The fourth-order valence-corrected chi connectivity index (χ4v) is 4.64. The summed E-state index contributed by atoms with van der Waals surface area (Å²) in [5.41, 5.74) is -0.677. The Morgan fingerprint density at radius 2 is 1.59 bits per heavy atom. The SMILES string of the molecule is [B]C(Nc1c(Nc2ccc(C)c3c2C(=O)N(C)C3(C)C)c(=O)c1=O)(c1ccc(C)o1)C(C)(C)C. The zero-order valence-corrected chi connectivity index (χ0v) is 21.0. The van der Waals surface area contributed by atoms with Gasteiger partial charge >= 0.3 is 0 Å². The fraction of sp³-hybridized carbons (Fsp3) is 0.423. The lowest BCUT2D eigenvalue weighted by atomic mass is 9.59. The van der Waals surface area contributed by atoms with Crippen LogP contribution in [0.5, 0.6) is 0 Å². The number of aryl methyl sites for hydroxylation is 2. The zero-order valence-electron chi connectivity index (χ0n) is 21.0. The van der Waals surface area contributed by atoms with Crippen LogP contribution in [0.2, 0.25) is 0 Å². The lowest BCUT2D eigenvalue weighted by molar-refractivity contribution is 0.0691. The van der Waals surface area contributed by atoms with Gasteiger partial charge in [0.1, 0.15) is 30.7 Å². The molecule has 0 bridgehead atoms. The van der Waals surface area contributed by atoms with Gasteiger partial charge in [0, 0.05) is 7.05 Å². The number of amides is 1. The number of benzene rings is 1. The lowest BCUT2D eigenvalue weighted by Gasteiger charge is -2.43. The maximum Gasteiger partial charge on any atom is 0.256 e. The molecule has 2 N–H and O–H groups in total. The van der Waals surface area contributed by atoms with Crippen molar-refractivity contribution in [3.63, 3.8) is 0 Å². The molecule has 1 aliphatic heterocycles. The molecule has 3 aromatic rings. The summed E-state index contributed by atoms with van der Waals surface area (Å²) in [6.07, 6.45) is 0. The first-order valence-electron chi connectivity index (χ1n) is 11.3. The lowest BCUT2D eigenvalue weighted by Crippen LogP contribution is -2.51. The Balaban J connectivity index is 1.79. The highest BCUT2D eigenvalue weighted by Crippen LogP contribution is 2.44. The van der Waals surface area contributed by atoms with Crippen molar-refractivity contribution < 1.29 is 9.21 Å². The summed E-state index contributed by atoms with van der Waals surface area (Å²) >= 11 is 0. The third-order valence-electron chi connectivity index (χ3n) is 7.19. The van der Waals surface area contributed by atoms with Crippen molar-refractivity contribution in [2.45, 2.75) is 59.4 Å². The molecule has 2 aromatic carbocycles. The molecule has 0 aliphatic carbocycles. The minimum atomic E-state index is -1.27. The Hall–Kier alpha value is -3.29. The second-order valence-corrected chi connectivity index (χ2v) is 10.7. The van der Waals surface area contributed by atoms with Crippen molar-refractivity contribution in [2.24, 2.45) is 5.41 Å². The first-order chi connectivity index (χ1) is 15.6. The third kappa shape index (κ3) is 3.22. The van der Waals surface area contributed by atoms with Gasteiger partial charge in [-0.05, 0) is 62.4 Å². The maximum absolute atomic E-state index is 13.1. The van der Waals surface area contributed by atoms with E-state index in [1.807, 2.05) is 54.5 Å². The van der Waals surface area contributed by atoms with E-state index in [2.05, 4.69) is 10.6 Å². The van der Waals surface area contributed by atoms with Crippen molar-refractivity contribution in [3.8, 4) is 0 Å². The van der Waals surface area contributed by atoms with Crippen molar-refractivity contribution >= 4 is 30.8 Å². The van der Waals surface area contributed by atoms with Crippen LogP contribution in [0.25, 0.3) is 0 Å². The molecule has 2 heterocycles. The molecule has 7 nitrogen and oxygen atoms in total. The summed E-state index contributed by atoms with van der Waals surface area (Å²) in [4.78, 5) is 40.1. The molecule has 0 fully saturated rings. The molecular formula is C26H30BN3O4. The number of hydrogen-bond donors (Lipinski definition) is 2. The van der Waals surface area contributed by atoms with Crippen LogP contribution in [0.3, 0.4) is 0 Å². The maximum atomic E-state index is 13.1. The molecule has 1 aromatic heterocycles. The predicted molar refractivity (Wildman–Crippen MR) is 135 cm³/mol. The highest BCUT2D eigenvalue weighted by molar-refractivity contribution is 6.18. The van der Waals surface area contributed by atoms with Gasteiger partial charge in [0.15, 0.2) is 0 Å². The van der Waals surface area contributed by atoms with Gasteiger partial charge in [0.2, 0.25) is 0 Å². The van der Waals surface area contributed by atoms with E-state index in [1.165, 1.54) is 0 Å². The largest absolute Gasteiger partial charge is 0.465 e. The Kier molecular flexibility index (Phi) is 5.16. The van der Waals surface area contributed by atoms with Crippen LogP contribution in [0.1, 0.15) is 67.6 Å². The zero-order chi connectivity index (χ0) is 25.4. The van der Waals surface area contributed by atoms with E-state index in [0.717, 1.165) is 11.1 Å². The molecule has 1 atom stereocenters. The molecule has 4 rings (SSSR count). The molecule has 8 heteroatoms. The number of hydrogen-bond acceptors (Lipinski definition) is 6. The topological polar surface area (TPSA) is 91.6 Å². The van der Waals surface area contributed by atoms with Gasteiger partial charge in [0.05, 0.1) is 22.2 Å². The van der Waals surface area contributed by atoms with E-state index < -0.39 is 27.2 Å². The van der Waals surface area contributed by atoms with E-state index in [-0.39, 0.29) is 17.3 Å². The number of nitrogens with one attached hydrogen (secondary N) is 2. The highest BCUT2D eigenvalue weighted by atomic mass is 16.3. The second-order valence-electron chi connectivity index (χ2n) is 10.7. The van der Waals surface area contributed by atoms with Gasteiger partial charge in [-0.15, -0.1) is 0 Å². The van der Waals surface area contributed by atoms with Crippen molar-refractivity contribution in [2.75, 3.05) is 17.7 Å². The molecule has 1 amide bonds. The summed E-state index contributed by atoms with van der Waals surface area (Å²) < 4.78 is 5.81. The number of nitrogens with zero attached hydrogens (tertiary/aromatic N) is 1. The van der Waals surface area contributed by atoms with Crippen molar-refractivity contribution in [1.82, 2.24) is 4.90 Å². The fourth-order valence-electron chi connectivity index (χ4n) is 4.64. The normalized spacial score (nSPS) is 17.1. The van der Waals surface area contributed by atoms with Gasteiger partial charge in [-0.25, -0.2) is 0 Å². The summed E-state index contributed by atoms with van der Waals surface area (Å²) in [7, 11) is 8.54. The second kappa shape index (κ2) is 7.36. The minimum absolute atomic E-state index is 0.0730. The van der Waals surface area contributed by atoms with Crippen LogP contribution in [0, 0.1) is 19.3 Å². The smallest absolute Gasteiger partial charge is 0.256 e. The summed E-state index contributed by atoms with van der Waals surface area (Å²) in [6, 6.07) is 7.22. The molecule has 1 aliphatic rings. The first kappa shape index (κ1) is 23.9. The van der Waals surface area contributed by atoms with Gasteiger partial charge in [-0.2, -0.15) is 0 Å². The molecule has 0 saturated carbocycles. The van der Waals surface area contributed by atoms with E-state index in [4.69, 9.17) is 12.3 Å². The van der Waals surface area contributed by atoms with Crippen LogP contribution >= 0.6 is 0 Å². The number of rotatable bonds is 5. The number of anilines is 3. The van der Waals surface area contributed by atoms with Crippen LogP contribution in [-0.2, 0) is 11.0 Å². The highest BCUT2D eigenvalue weighted by Gasteiger charge is 2.45. The third-order valence-corrected chi connectivity index (χ3v) is 7.19. The quantitative estimate of drug-likeness (QED) is 0.442. The molecule has 2 radical (unpaired) electrons. The van der Waals surface area contributed by atoms with Crippen LogP contribution in [0.4, 0.5) is 17.1 Å². The van der Waals surface area contributed by atoms with Gasteiger partial charge < -0.3 is 20.0 Å². The Bertz CT molecular complexity index is 1390. The number of carbonyl (C=O) groups is 1. The molecule has 1 unspecified atom stereocenters. The Morgan fingerprint density at radius 1 is 0.971 bits per heavy atom. The van der Waals surface area contributed by atoms with Crippen LogP contribution in [-0.4, -0.2) is 25.7 Å². The van der Waals surface area contributed by atoms with E-state index in [0.29, 0.717) is 22.8 Å². The molecule has 0 spiro atoms. The summed E-state index contributed by atoms with van der Waals surface area (Å²) in [5, 5.41) is 6.17. The molecule has 34 heavy (non-hydrogen) atoms. The molecule has 176 valence electrons. The summed E-state index contributed by atoms with van der Waals surface area (Å²) in [6.45, 7) is 13.5. The molecular weight excluding hydrogens is 429 g/mol. The van der Waals surface area contributed by atoms with Gasteiger partial charge in [0.25, 0.3) is 16.8 Å². The predicted octanol–water partition coefficient (Wildman–Crippen LogP) is 4.04. The molecule has 0 saturated heterocycles. The van der Waals surface area contributed by atoms with Gasteiger partial charge in [-0.3, -0.25) is 14.4 Å². The van der Waals surface area contributed by atoms with E-state index in [9.17, 15) is 14.4 Å². The van der Waals surface area contributed by atoms with Crippen LogP contribution < -0.4 is 21.5 Å². The summed E-state index contributed by atoms with van der Waals surface area (Å²) in [5.74, 6) is 0.985. The van der Waals surface area contributed by atoms with Crippen LogP contribution in [0.15, 0.2) is 38.3 Å². The minimum Gasteiger partial charge on any atom is -0.465 e. The number of fused-ring (bicyclic) bond motifs is 1. The average molecular weight is 459 g/mol. The standard InChI is InChI=1S/C26H30BN3O4/c1-13-9-11-15(17-18(13)25(6,7)30(8)23(17)33)28-19-20(22(32)21(19)31)29-26(27,24(3,4)5)16-12-10-14(2)34-16/h9-12,28-29H,1-8H3. The average Bonchev–Trinajstić information content (AvgIpc) is 3.27. The van der Waals surface area contributed by atoms with Crippen molar-refractivity contribution in [3.05, 3.63) is 72.9 Å². The van der Waals surface area contributed by atoms with Gasteiger partial charge in [-0.1, -0.05) is 26.8 Å². The van der Waals surface area contributed by atoms with E-state index >= 15 is 0 Å². The van der Waals surface area contributed by atoms with E-state index in [1.54, 1.807) is 30.1 Å². The Labute approximate surface area is 200 Å². The van der Waals surface area contributed by atoms with Crippen molar-refractivity contribution in [1.29, 1.82) is 0 Å². The number of carbonyl (C=O) groups excluding carboxylic acids is 1. The first-order valence-corrected chi connectivity index (χ1v) is 11.3. The Morgan fingerprint density at radius 3 is 2.15 bits per heavy atom. The monoisotopic (exact) mass is 459 g/mol.